The third-order valence-electron chi connectivity index (χ3n) is 5.20. The zero-order valence-electron chi connectivity index (χ0n) is 18.9. The van der Waals surface area contributed by atoms with E-state index in [2.05, 4.69) is 16.3 Å². The van der Waals surface area contributed by atoms with Gasteiger partial charge in [-0.2, -0.15) is 5.26 Å². The number of halogens is 4. The van der Waals surface area contributed by atoms with E-state index in [0.29, 0.717) is 11.3 Å². The molecular formula is C28H20F4N4. The van der Waals surface area contributed by atoms with Gasteiger partial charge in [0.15, 0.2) is 5.69 Å². The van der Waals surface area contributed by atoms with Crippen molar-refractivity contribution in [3.63, 3.8) is 0 Å². The van der Waals surface area contributed by atoms with Crippen molar-refractivity contribution in [1.82, 2.24) is 0 Å². The Hall–Kier alpha value is -4.50. The molecular weight excluding hydrogens is 468 g/mol. The van der Waals surface area contributed by atoms with Crippen molar-refractivity contribution in [2.24, 2.45) is 11.5 Å². The minimum absolute atomic E-state index is 0.0771. The van der Waals surface area contributed by atoms with Crippen molar-refractivity contribution in [2.45, 2.75) is 6.42 Å². The van der Waals surface area contributed by atoms with E-state index in [-0.39, 0.29) is 46.5 Å². The highest BCUT2D eigenvalue weighted by Gasteiger charge is 2.17. The molecule has 4 N–H and O–H groups in total. The van der Waals surface area contributed by atoms with Crippen LogP contribution in [0.4, 0.5) is 23.2 Å². The molecule has 0 aliphatic carbocycles. The zero-order valence-corrected chi connectivity index (χ0v) is 18.9. The lowest BCUT2D eigenvalue weighted by Gasteiger charge is -2.11. The van der Waals surface area contributed by atoms with Crippen molar-refractivity contribution >= 4 is 5.69 Å². The Morgan fingerprint density at radius 2 is 1.06 bits per heavy atom. The first-order valence-electron chi connectivity index (χ1n) is 10.7. The van der Waals surface area contributed by atoms with Gasteiger partial charge in [0.25, 0.3) is 0 Å². The summed E-state index contributed by atoms with van der Waals surface area (Å²) in [6.07, 6.45) is -0.0771. The highest BCUT2D eigenvalue weighted by molar-refractivity contribution is 5.68. The van der Waals surface area contributed by atoms with Gasteiger partial charge in [0, 0.05) is 6.67 Å². The molecule has 0 heterocycles. The van der Waals surface area contributed by atoms with Crippen LogP contribution in [0.5, 0.6) is 0 Å². The number of nitriles is 1. The maximum atomic E-state index is 14.7. The van der Waals surface area contributed by atoms with Crippen molar-refractivity contribution in [2.75, 3.05) is 6.67 Å². The fourth-order valence-corrected chi connectivity index (χ4v) is 3.66. The van der Waals surface area contributed by atoms with Gasteiger partial charge in [-0.05, 0) is 65.1 Å². The Morgan fingerprint density at radius 1 is 0.694 bits per heavy atom. The summed E-state index contributed by atoms with van der Waals surface area (Å²) >= 11 is 0. The fourth-order valence-electron chi connectivity index (χ4n) is 3.66. The van der Waals surface area contributed by atoms with E-state index in [1.165, 1.54) is 48.5 Å². The molecule has 4 aromatic rings. The number of nitrogens with two attached hydrogens (primary N) is 2. The van der Waals surface area contributed by atoms with Gasteiger partial charge in [-0.1, -0.05) is 36.4 Å². The van der Waals surface area contributed by atoms with Gasteiger partial charge in [0.2, 0.25) is 0 Å². The maximum absolute atomic E-state index is 14.7. The average molecular weight is 488 g/mol. The molecule has 0 amide bonds. The standard InChI is InChI=1S/C27H14F4N2.CH6N2/c1-33-21-8-6-20(7-9-21)27-24(30)13-18(14-25(27)31)10-17-11-22(28)26(23(29)12-17)19-4-2-16(15-32)3-5-19;2-1-3/h2-9,11-14H,10H2;1-3H2. The largest absolute Gasteiger partial charge is 0.319 e. The number of hydrogen-bond acceptors (Lipinski definition) is 3. The monoisotopic (exact) mass is 488 g/mol. The minimum atomic E-state index is -0.813. The van der Waals surface area contributed by atoms with Crippen LogP contribution >= 0.6 is 0 Å². The Kier molecular flexibility index (Phi) is 8.53. The molecule has 36 heavy (non-hydrogen) atoms. The van der Waals surface area contributed by atoms with Gasteiger partial charge >= 0.3 is 0 Å². The van der Waals surface area contributed by atoms with Crippen molar-refractivity contribution < 1.29 is 17.6 Å². The summed E-state index contributed by atoms with van der Waals surface area (Å²) in [7, 11) is 0. The molecule has 0 fully saturated rings. The highest BCUT2D eigenvalue weighted by atomic mass is 19.1. The number of rotatable bonds is 4. The van der Waals surface area contributed by atoms with Gasteiger partial charge in [0.05, 0.1) is 29.3 Å². The summed E-state index contributed by atoms with van der Waals surface area (Å²) in [6, 6.07) is 18.1. The number of hydrogen-bond donors (Lipinski definition) is 2. The summed E-state index contributed by atoms with van der Waals surface area (Å²) in [4.78, 5) is 3.25. The molecule has 0 spiro atoms. The fraction of sp³-hybridized carbons (Fsp3) is 0.0714. The van der Waals surface area contributed by atoms with E-state index in [9.17, 15) is 17.6 Å². The lowest BCUT2D eigenvalue weighted by molar-refractivity contribution is 0.584. The summed E-state index contributed by atoms with van der Waals surface area (Å²) in [5, 5.41) is 8.86. The molecule has 180 valence electrons. The van der Waals surface area contributed by atoms with E-state index >= 15 is 0 Å². The molecule has 4 nitrogen and oxygen atoms in total. The second-order valence-electron chi connectivity index (χ2n) is 7.63. The predicted molar refractivity (Wildman–Crippen MR) is 131 cm³/mol. The molecule has 0 saturated heterocycles. The Labute approximate surface area is 205 Å². The van der Waals surface area contributed by atoms with E-state index in [4.69, 9.17) is 11.8 Å². The van der Waals surface area contributed by atoms with Crippen LogP contribution in [0.15, 0.2) is 72.8 Å². The first kappa shape index (κ1) is 26.1. The summed E-state index contributed by atoms with van der Waals surface area (Å²) in [6.45, 7) is 7.21. The molecule has 0 bridgehead atoms. The van der Waals surface area contributed by atoms with Crippen LogP contribution < -0.4 is 11.5 Å². The van der Waals surface area contributed by atoms with Crippen LogP contribution in [-0.2, 0) is 6.42 Å². The lowest BCUT2D eigenvalue weighted by Crippen LogP contribution is -2.08. The molecule has 0 unspecified atom stereocenters. The van der Waals surface area contributed by atoms with Gasteiger partial charge in [0.1, 0.15) is 23.3 Å². The Balaban J connectivity index is 0.00000115. The normalized spacial score (nSPS) is 10.1. The van der Waals surface area contributed by atoms with Crippen molar-refractivity contribution in [1.29, 1.82) is 5.26 Å². The summed E-state index contributed by atoms with van der Waals surface area (Å²) in [5.74, 6) is -3.24. The first-order valence-corrected chi connectivity index (χ1v) is 10.7. The molecule has 0 atom stereocenters. The molecule has 0 aromatic heterocycles. The summed E-state index contributed by atoms with van der Waals surface area (Å²) in [5.41, 5.74) is 10.5. The van der Waals surface area contributed by atoms with Crippen LogP contribution in [0.2, 0.25) is 0 Å². The van der Waals surface area contributed by atoms with Crippen LogP contribution in [0, 0.1) is 41.2 Å². The van der Waals surface area contributed by atoms with Crippen LogP contribution in [0.25, 0.3) is 27.1 Å². The number of benzene rings is 4. The van der Waals surface area contributed by atoms with Crippen LogP contribution in [-0.4, -0.2) is 6.67 Å². The third kappa shape index (κ3) is 5.94. The average Bonchev–Trinajstić information content (AvgIpc) is 2.84. The Bertz CT molecular complexity index is 1290. The van der Waals surface area contributed by atoms with Gasteiger partial charge < -0.3 is 11.5 Å². The first-order chi connectivity index (χ1) is 17.3. The van der Waals surface area contributed by atoms with Crippen molar-refractivity contribution in [3.8, 4) is 28.3 Å². The smallest absolute Gasteiger partial charge is 0.187 e. The summed E-state index contributed by atoms with van der Waals surface area (Å²) < 4.78 is 58.9. The van der Waals surface area contributed by atoms with E-state index < -0.39 is 23.3 Å². The molecule has 4 rings (SSSR count). The van der Waals surface area contributed by atoms with E-state index in [0.717, 1.165) is 24.3 Å². The lowest BCUT2D eigenvalue weighted by atomic mass is 9.96. The predicted octanol–water partition coefficient (Wildman–Crippen LogP) is 6.45. The molecule has 4 aromatic carbocycles. The molecule has 0 aliphatic heterocycles. The zero-order chi connectivity index (χ0) is 26.2. The third-order valence-corrected chi connectivity index (χ3v) is 5.20. The minimum Gasteiger partial charge on any atom is -0.319 e. The maximum Gasteiger partial charge on any atom is 0.187 e. The second kappa shape index (κ2) is 11.8. The second-order valence-corrected chi connectivity index (χ2v) is 7.63. The van der Waals surface area contributed by atoms with Gasteiger partial charge in [-0.3, -0.25) is 0 Å². The van der Waals surface area contributed by atoms with Gasteiger partial charge in [-0.15, -0.1) is 0 Å². The molecule has 0 radical (unpaired) electrons. The molecule has 0 saturated carbocycles. The molecule has 8 heteroatoms. The van der Waals surface area contributed by atoms with E-state index in [1.807, 2.05) is 6.07 Å². The van der Waals surface area contributed by atoms with Crippen molar-refractivity contribution in [3.05, 3.63) is 124 Å². The van der Waals surface area contributed by atoms with Gasteiger partial charge in [-0.25, -0.2) is 22.4 Å². The number of nitrogens with zero attached hydrogens (tertiary/aromatic N) is 2. The topological polar surface area (TPSA) is 80.2 Å². The van der Waals surface area contributed by atoms with Crippen LogP contribution in [0.1, 0.15) is 16.7 Å². The SMILES string of the molecule is NCN.[C-]#[N+]c1ccc(-c2c(F)cc(Cc3cc(F)c(-c4ccc(C#N)cc4)c(F)c3)cc2F)cc1. The Morgan fingerprint density at radius 3 is 1.39 bits per heavy atom. The van der Waals surface area contributed by atoms with Crippen LogP contribution in [0.3, 0.4) is 0 Å². The molecule has 0 aliphatic rings. The highest BCUT2D eigenvalue weighted by Crippen LogP contribution is 2.31. The quantitative estimate of drug-likeness (QED) is 0.197. The van der Waals surface area contributed by atoms with E-state index in [1.54, 1.807) is 0 Å².